The van der Waals surface area contributed by atoms with Crippen LogP contribution in [0.4, 0.5) is 17.6 Å². The number of hydrogen-bond donors (Lipinski definition) is 1. The van der Waals surface area contributed by atoms with Gasteiger partial charge in [0.15, 0.2) is 0 Å². The van der Waals surface area contributed by atoms with E-state index in [2.05, 4.69) is 0 Å². The number of carboxylic acid groups (broad SMARTS) is 1. The number of halogens is 4. The first-order chi connectivity index (χ1) is 6.73. The van der Waals surface area contributed by atoms with Gasteiger partial charge in [-0.15, -0.1) is 0 Å². The van der Waals surface area contributed by atoms with Crippen molar-refractivity contribution >= 4 is 5.97 Å². The normalized spacial score (nSPS) is 11.5. The van der Waals surface area contributed by atoms with Gasteiger partial charge < -0.3 is 5.11 Å². The first kappa shape index (κ1) is 11.5. The molecular formula is C9H6F4O2. The third kappa shape index (κ3) is 2.26. The number of alkyl halides is 3. The van der Waals surface area contributed by atoms with E-state index in [0.29, 0.717) is 12.1 Å². The molecular weight excluding hydrogens is 216 g/mol. The van der Waals surface area contributed by atoms with Gasteiger partial charge in [0.1, 0.15) is 5.82 Å². The van der Waals surface area contributed by atoms with Crippen molar-refractivity contribution in [2.24, 2.45) is 0 Å². The second kappa shape index (κ2) is 3.52. The average molecular weight is 222 g/mol. The molecule has 0 radical (unpaired) electrons. The summed E-state index contributed by atoms with van der Waals surface area (Å²) in [5, 5.41) is 8.56. The van der Waals surface area contributed by atoms with E-state index >= 15 is 0 Å². The fraction of sp³-hybridized carbons (Fsp3) is 0.222. The Morgan fingerprint density at radius 1 is 1.33 bits per heavy atom. The average Bonchev–Trinajstić information content (AvgIpc) is 2.00. The third-order valence-electron chi connectivity index (χ3n) is 1.85. The lowest BCUT2D eigenvalue weighted by atomic mass is 10.0. The zero-order valence-electron chi connectivity index (χ0n) is 7.52. The predicted octanol–water partition coefficient (Wildman–Crippen LogP) is 2.85. The molecule has 0 aliphatic heterocycles. The third-order valence-corrected chi connectivity index (χ3v) is 1.85. The molecule has 0 saturated carbocycles. The maximum absolute atomic E-state index is 12.9. The van der Waals surface area contributed by atoms with Gasteiger partial charge in [-0.3, -0.25) is 0 Å². The van der Waals surface area contributed by atoms with Crippen LogP contribution in [-0.4, -0.2) is 11.1 Å². The van der Waals surface area contributed by atoms with Gasteiger partial charge in [-0.1, -0.05) is 0 Å². The molecule has 0 fully saturated rings. The van der Waals surface area contributed by atoms with Gasteiger partial charge in [-0.2, -0.15) is 13.2 Å². The van der Waals surface area contributed by atoms with Gasteiger partial charge in [0, 0.05) is 0 Å². The van der Waals surface area contributed by atoms with E-state index < -0.39 is 29.1 Å². The molecule has 0 unspecified atom stereocenters. The molecule has 0 aliphatic rings. The number of carboxylic acids is 1. The predicted molar refractivity (Wildman–Crippen MR) is 43.1 cm³/mol. The van der Waals surface area contributed by atoms with Gasteiger partial charge in [-0.25, -0.2) is 9.18 Å². The van der Waals surface area contributed by atoms with E-state index in [4.69, 9.17) is 5.11 Å². The van der Waals surface area contributed by atoms with Crippen LogP contribution in [0.25, 0.3) is 0 Å². The monoisotopic (exact) mass is 222 g/mol. The van der Waals surface area contributed by atoms with E-state index in [1.165, 1.54) is 6.92 Å². The van der Waals surface area contributed by atoms with Gasteiger partial charge in [0.05, 0.1) is 11.1 Å². The zero-order valence-corrected chi connectivity index (χ0v) is 7.52. The number of benzene rings is 1. The lowest BCUT2D eigenvalue weighted by molar-refractivity contribution is -0.140. The molecule has 0 aromatic heterocycles. The second-order valence-corrected chi connectivity index (χ2v) is 2.95. The van der Waals surface area contributed by atoms with Gasteiger partial charge in [0.2, 0.25) is 0 Å². The molecule has 0 heterocycles. The van der Waals surface area contributed by atoms with Gasteiger partial charge in [0.25, 0.3) is 0 Å². The van der Waals surface area contributed by atoms with Crippen LogP contribution >= 0.6 is 0 Å². The minimum atomic E-state index is -4.89. The summed E-state index contributed by atoms with van der Waals surface area (Å²) in [4.78, 5) is 10.5. The smallest absolute Gasteiger partial charge is 0.419 e. The number of carbonyl (C=O) groups is 1. The summed E-state index contributed by atoms with van der Waals surface area (Å²) >= 11 is 0. The molecule has 1 N–H and O–H groups in total. The topological polar surface area (TPSA) is 37.3 Å². The molecule has 0 aliphatic carbocycles. The Morgan fingerprint density at radius 2 is 1.87 bits per heavy atom. The quantitative estimate of drug-likeness (QED) is 0.742. The van der Waals surface area contributed by atoms with Crippen molar-refractivity contribution in [3.8, 4) is 0 Å². The standard InChI is InChI=1S/C9H6F4O2/c1-4-2-7(10)6(9(11,12)13)3-5(4)8(14)15/h2-3H,1H3,(H,14,15). The van der Waals surface area contributed by atoms with Crippen LogP contribution in [0.2, 0.25) is 0 Å². The molecule has 0 bridgehead atoms. The van der Waals surface area contributed by atoms with E-state index in [1.807, 2.05) is 0 Å². The Morgan fingerprint density at radius 3 is 2.27 bits per heavy atom. The molecule has 0 saturated heterocycles. The van der Waals surface area contributed by atoms with Crippen LogP contribution in [0, 0.1) is 12.7 Å². The van der Waals surface area contributed by atoms with Crippen molar-refractivity contribution in [1.82, 2.24) is 0 Å². The van der Waals surface area contributed by atoms with Gasteiger partial charge in [-0.05, 0) is 24.6 Å². The molecule has 6 heteroatoms. The zero-order chi connectivity index (χ0) is 11.8. The summed E-state index contributed by atoms with van der Waals surface area (Å²) in [5.41, 5.74) is -2.16. The lowest BCUT2D eigenvalue weighted by Crippen LogP contribution is -2.11. The van der Waals surface area contributed by atoms with E-state index in [1.54, 1.807) is 0 Å². The van der Waals surface area contributed by atoms with Crippen molar-refractivity contribution in [1.29, 1.82) is 0 Å². The van der Waals surface area contributed by atoms with E-state index in [-0.39, 0.29) is 5.56 Å². The first-order valence-electron chi connectivity index (χ1n) is 3.84. The molecule has 0 amide bonds. The number of aromatic carboxylic acids is 1. The van der Waals surface area contributed by atoms with E-state index in [9.17, 15) is 22.4 Å². The molecule has 1 aromatic rings. The Kier molecular flexibility index (Phi) is 2.70. The van der Waals surface area contributed by atoms with Crippen LogP contribution in [0.3, 0.4) is 0 Å². The molecule has 15 heavy (non-hydrogen) atoms. The molecule has 1 rings (SSSR count). The number of hydrogen-bond acceptors (Lipinski definition) is 1. The summed E-state index contributed by atoms with van der Waals surface area (Å²) in [5.74, 6) is -2.98. The minimum Gasteiger partial charge on any atom is -0.478 e. The summed E-state index contributed by atoms with van der Waals surface area (Å²) in [6.07, 6.45) is -4.89. The Hall–Kier alpha value is -1.59. The maximum Gasteiger partial charge on any atom is 0.419 e. The van der Waals surface area contributed by atoms with Crippen molar-refractivity contribution in [3.05, 3.63) is 34.6 Å². The number of rotatable bonds is 1. The lowest BCUT2D eigenvalue weighted by Gasteiger charge is -2.10. The van der Waals surface area contributed by atoms with Crippen molar-refractivity contribution in [2.45, 2.75) is 13.1 Å². The highest BCUT2D eigenvalue weighted by molar-refractivity contribution is 5.89. The van der Waals surface area contributed by atoms with Crippen molar-refractivity contribution < 1.29 is 27.5 Å². The Bertz CT molecular complexity index is 409. The second-order valence-electron chi connectivity index (χ2n) is 2.95. The summed E-state index contributed by atoms with van der Waals surface area (Å²) in [7, 11) is 0. The van der Waals surface area contributed by atoms with Crippen LogP contribution in [-0.2, 0) is 6.18 Å². The molecule has 2 nitrogen and oxygen atoms in total. The molecule has 0 spiro atoms. The summed E-state index contributed by atoms with van der Waals surface area (Å²) < 4.78 is 49.4. The first-order valence-corrected chi connectivity index (χ1v) is 3.84. The van der Waals surface area contributed by atoms with Gasteiger partial charge >= 0.3 is 12.1 Å². The highest BCUT2D eigenvalue weighted by Gasteiger charge is 2.35. The molecule has 1 aromatic carbocycles. The summed E-state index contributed by atoms with van der Waals surface area (Å²) in [6.45, 7) is 1.23. The van der Waals surface area contributed by atoms with Crippen LogP contribution in [0.5, 0.6) is 0 Å². The minimum absolute atomic E-state index is 0.0481. The van der Waals surface area contributed by atoms with Crippen molar-refractivity contribution in [3.63, 3.8) is 0 Å². The molecule has 0 atom stereocenters. The highest BCUT2D eigenvalue weighted by Crippen LogP contribution is 2.32. The Labute approximate surface area is 82.1 Å². The molecule has 82 valence electrons. The highest BCUT2D eigenvalue weighted by atomic mass is 19.4. The fourth-order valence-corrected chi connectivity index (χ4v) is 1.12. The van der Waals surface area contributed by atoms with Crippen molar-refractivity contribution in [2.75, 3.05) is 0 Å². The number of aryl methyl sites for hydroxylation is 1. The largest absolute Gasteiger partial charge is 0.478 e. The fourth-order valence-electron chi connectivity index (χ4n) is 1.12. The van der Waals surface area contributed by atoms with Crippen LogP contribution < -0.4 is 0 Å². The van der Waals surface area contributed by atoms with Crippen LogP contribution in [0.1, 0.15) is 21.5 Å². The van der Waals surface area contributed by atoms with Crippen LogP contribution in [0.15, 0.2) is 12.1 Å². The maximum atomic E-state index is 12.9. The Balaban J connectivity index is 3.43. The SMILES string of the molecule is Cc1cc(F)c(C(F)(F)F)cc1C(=O)O. The van der Waals surface area contributed by atoms with E-state index in [0.717, 1.165) is 0 Å². The summed E-state index contributed by atoms with van der Waals surface area (Å²) in [6, 6.07) is 0.860.